The van der Waals surface area contributed by atoms with E-state index in [1.54, 1.807) is 0 Å². The first-order valence-corrected chi connectivity index (χ1v) is 7.66. The van der Waals surface area contributed by atoms with Crippen LogP contribution in [0.2, 0.25) is 0 Å². The summed E-state index contributed by atoms with van der Waals surface area (Å²) in [4.78, 5) is 4.33. The van der Waals surface area contributed by atoms with Crippen molar-refractivity contribution < 1.29 is 4.74 Å². The lowest BCUT2D eigenvalue weighted by Gasteiger charge is -2.10. The highest BCUT2D eigenvalue weighted by molar-refractivity contribution is 9.10. The summed E-state index contributed by atoms with van der Waals surface area (Å²) in [6.45, 7) is 4.71. The molecule has 106 valence electrons. The summed E-state index contributed by atoms with van der Waals surface area (Å²) in [6, 6.07) is 14.4. The predicted molar refractivity (Wildman–Crippen MR) is 89.7 cm³/mol. The van der Waals surface area contributed by atoms with E-state index in [0.29, 0.717) is 6.61 Å². The van der Waals surface area contributed by atoms with Gasteiger partial charge in [0.05, 0.1) is 5.52 Å². The van der Waals surface area contributed by atoms with E-state index in [9.17, 15) is 0 Å². The number of ether oxygens (including phenoxy) is 1. The van der Waals surface area contributed by atoms with Crippen LogP contribution >= 0.6 is 15.9 Å². The molecule has 0 aliphatic rings. The molecule has 0 saturated carbocycles. The third-order valence-corrected chi connectivity index (χ3v) is 4.73. The minimum atomic E-state index is 0.561. The molecule has 0 aliphatic carbocycles. The summed E-state index contributed by atoms with van der Waals surface area (Å²) in [5.41, 5.74) is 4.53. The molecule has 0 radical (unpaired) electrons. The van der Waals surface area contributed by atoms with Crippen LogP contribution in [0.25, 0.3) is 10.9 Å². The van der Waals surface area contributed by atoms with Gasteiger partial charge in [-0.3, -0.25) is 4.98 Å². The molecule has 0 atom stereocenters. The second kappa shape index (κ2) is 5.86. The fourth-order valence-corrected chi connectivity index (χ4v) is 2.60. The van der Waals surface area contributed by atoms with Crippen LogP contribution in [0.3, 0.4) is 0 Å². The van der Waals surface area contributed by atoms with Crippen molar-refractivity contribution in [1.29, 1.82) is 0 Å². The molecule has 0 amide bonds. The number of pyridine rings is 1. The fourth-order valence-electron chi connectivity index (χ4n) is 2.37. The van der Waals surface area contributed by atoms with Crippen molar-refractivity contribution in [2.24, 2.45) is 0 Å². The zero-order valence-corrected chi connectivity index (χ0v) is 13.6. The van der Waals surface area contributed by atoms with Gasteiger partial charge in [0, 0.05) is 16.1 Å². The summed E-state index contributed by atoms with van der Waals surface area (Å²) < 4.78 is 7.06. The molecular weight excluding hydrogens is 326 g/mol. The van der Waals surface area contributed by atoms with Gasteiger partial charge in [-0.15, -0.1) is 0 Å². The predicted octanol–water partition coefficient (Wildman–Crippen LogP) is 5.19. The Kier molecular flexibility index (Phi) is 3.93. The Morgan fingerprint density at radius 1 is 1.05 bits per heavy atom. The zero-order chi connectivity index (χ0) is 14.8. The minimum Gasteiger partial charge on any atom is -0.489 e. The number of hydrogen-bond acceptors (Lipinski definition) is 2. The summed E-state index contributed by atoms with van der Waals surface area (Å²) in [7, 11) is 0. The molecule has 1 aromatic heterocycles. The molecule has 0 bridgehead atoms. The zero-order valence-electron chi connectivity index (χ0n) is 12.1. The van der Waals surface area contributed by atoms with Gasteiger partial charge >= 0.3 is 0 Å². The third-order valence-electron chi connectivity index (χ3n) is 3.48. The van der Waals surface area contributed by atoms with Crippen LogP contribution in [-0.4, -0.2) is 4.98 Å². The first kappa shape index (κ1) is 14.1. The molecule has 3 heteroatoms. The largest absolute Gasteiger partial charge is 0.489 e. The molecule has 2 aromatic carbocycles. The lowest BCUT2D eigenvalue weighted by molar-refractivity contribution is 0.306. The number of hydrogen-bond donors (Lipinski definition) is 0. The van der Waals surface area contributed by atoms with E-state index in [0.717, 1.165) is 26.7 Å². The molecule has 0 fully saturated rings. The van der Waals surface area contributed by atoms with E-state index < -0.39 is 0 Å². The van der Waals surface area contributed by atoms with Crippen LogP contribution in [0.1, 0.15) is 16.7 Å². The highest BCUT2D eigenvalue weighted by atomic mass is 79.9. The molecule has 2 nitrogen and oxygen atoms in total. The van der Waals surface area contributed by atoms with Crippen LogP contribution in [0.5, 0.6) is 5.75 Å². The Morgan fingerprint density at radius 3 is 2.57 bits per heavy atom. The third kappa shape index (κ3) is 3.08. The number of nitrogens with zero attached hydrogens (tertiary/aromatic N) is 1. The number of rotatable bonds is 3. The summed E-state index contributed by atoms with van der Waals surface area (Å²) in [5, 5.41) is 1.14. The number of benzene rings is 2. The maximum atomic E-state index is 5.92. The normalized spacial score (nSPS) is 10.8. The molecule has 0 saturated heterocycles. The summed E-state index contributed by atoms with van der Waals surface area (Å²) in [6.07, 6.45) is 1.81. The molecule has 21 heavy (non-hydrogen) atoms. The first-order valence-electron chi connectivity index (χ1n) is 6.87. The second-order valence-electron chi connectivity index (χ2n) is 5.19. The van der Waals surface area contributed by atoms with Gasteiger partial charge < -0.3 is 4.74 Å². The summed E-state index contributed by atoms with van der Waals surface area (Å²) in [5.74, 6) is 0.902. The standard InChI is InChI=1S/C18H16BrNO/c1-12-8-16(9-13(2)18(12)19)21-11-14-5-6-17-15(10-14)4-3-7-20-17/h3-10H,11H2,1-2H3. The average molecular weight is 342 g/mol. The first-order chi connectivity index (χ1) is 10.1. The van der Waals surface area contributed by atoms with Gasteiger partial charge in [-0.25, -0.2) is 0 Å². The van der Waals surface area contributed by atoms with Gasteiger partial charge in [0.25, 0.3) is 0 Å². The topological polar surface area (TPSA) is 22.1 Å². The molecule has 3 rings (SSSR count). The molecule has 0 N–H and O–H groups in total. The Hall–Kier alpha value is -1.87. The Labute approximate surface area is 132 Å². The highest BCUT2D eigenvalue weighted by Gasteiger charge is 2.04. The van der Waals surface area contributed by atoms with Crippen molar-refractivity contribution >= 4 is 26.8 Å². The van der Waals surface area contributed by atoms with Gasteiger partial charge in [-0.1, -0.05) is 28.1 Å². The number of halogens is 1. The fraction of sp³-hybridized carbons (Fsp3) is 0.167. The van der Waals surface area contributed by atoms with Crippen LogP contribution in [0, 0.1) is 13.8 Å². The maximum Gasteiger partial charge on any atom is 0.120 e. The average Bonchev–Trinajstić information content (AvgIpc) is 2.50. The number of aromatic nitrogens is 1. The lowest BCUT2D eigenvalue weighted by Crippen LogP contribution is -1.97. The molecule has 0 spiro atoms. The van der Waals surface area contributed by atoms with Crippen LogP contribution in [0.15, 0.2) is 53.1 Å². The van der Waals surface area contributed by atoms with Crippen molar-refractivity contribution in [3.05, 3.63) is 69.8 Å². The monoisotopic (exact) mass is 341 g/mol. The molecule has 0 aliphatic heterocycles. The van der Waals surface area contributed by atoms with Gasteiger partial charge in [0.1, 0.15) is 12.4 Å². The Bertz CT molecular complexity index is 775. The summed E-state index contributed by atoms with van der Waals surface area (Å²) >= 11 is 3.57. The highest BCUT2D eigenvalue weighted by Crippen LogP contribution is 2.27. The van der Waals surface area contributed by atoms with Crippen LogP contribution in [-0.2, 0) is 6.61 Å². The van der Waals surface area contributed by atoms with Gasteiger partial charge in [0.2, 0.25) is 0 Å². The van der Waals surface area contributed by atoms with E-state index in [2.05, 4.69) is 65.1 Å². The Morgan fingerprint density at radius 2 is 1.81 bits per heavy atom. The van der Waals surface area contributed by atoms with Crippen molar-refractivity contribution in [3.8, 4) is 5.75 Å². The van der Waals surface area contributed by atoms with Crippen molar-refractivity contribution in [1.82, 2.24) is 4.98 Å². The number of fused-ring (bicyclic) bond motifs is 1. The molecule has 0 unspecified atom stereocenters. The molecular formula is C18H16BrNO. The molecule has 3 aromatic rings. The van der Waals surface area contributed by atoms with Crippen LogP contribution in [0.4, 0.5) is 0 Å². The van der Waals surface area contributed by atoms with Gasteiger partial charge in [-0.2, -0.15) is 0 Å². The Balaban J connectivity index is 1.80. The van der Waals surface area contributed by atoms with Gasteiger partial charge in [-0.05, 0) is 60.9 Å². The SMILES string of the molecule is Cc1cc(OCc2ccc3ncccc3c2)cc(C)c1Br. The van der Waals surface area contributed by atoms with Crippen molar-refractivity contribution in [2.75, 3.05) is 0 Å². The minimum absolute atomic E-state index is 0.561. The van der Waals surface area contributed by atoms with E-state index >= 15 is 0 Å². The smallest absolute Gasteiger partial charge is 0.120 e. The van der Waals surface area contributed by atoms with E-state index in [1.165, 1.54) is 11.1 Å². The van der Waals surface area contributed by atoms with E-state index in [1.807, 2.05) is 18.3 Å². The van der Waals surface area contributed by atoms with Crippen LogP contribution < -0.4 is 4.74 Å². The van der Waals surface area contributed by atoms with Crippen molar-refractivity contribution in [3.63, 3.8) is 0 Å². The number of aryl methyl sites for hydroxylation is 2. The molecule has 1 heterocycles. The van der Waals surface area contributed by atoms with Gasteiger partial charge in [0.15, 0.2) is 0 Å². The van der Waals surface area contributed by atoms with E-state index in [-0.39, 0.29) is 0 Å². The lowest BCUT2D eigenvalue weighted by atomic mass is 10.1. The van der Waals surface area contributed by atoms with E-state index in [4.69, 9.17) is 4.74 Å². The van der Waals surface area contributed by atoms with Crippen molar-refractivity contribution in [2.45, 2.75) is 20.5 Å². The second-order valence-corrected chi connectivity index (χ2v) is 5.98. The quantitative estimate of drug-likeness (QED) is 0.653. The maximum absolute atomic E-state index is 5.92.